The molecule has 2 fully saturated rings. The van der Waals surface area contributed by atoms with Crippen LogP contribution in [0.5, 0.6) is 11.5 Å². The third-order valence-electron chi connectivity index (χ3n) is 6.01. The van der Waals surface area contributed by atoms with Crippen molar-refractivity contribution < 1.29 is 19.0 Å². The van der Waals surface area contributed by atoms with Gasteiger partial charge in [-0.3, -0.25) is 9.69 Å². The van der Waals surface area contributed by atoms with Crippen LogP contribution in [-0.4, -0.2) is 64.4 Å². The minimum Gasteiger partial charge on any atom is -0.497 e. The van der Waals surface area contributed by atoms with E-state index in [2.05, 4.69) is 22.3 Å². The van der Waals surface area contributed by atoms with E-state index in [1.165, 1.54) is 18.4 Å². The molecule has 2 atom stereocenters. The molecule has 0 spiro atoms. The molecule has 6 nitrogen and oxygen atoms in total. The van der Waals surface area contributed by atoms with Crippen LogP contribution in [0.3, 0.4) is 0 Å². The molecule has 1 aliphatic heterocycles. The van der Waals surface area contributed by atoms with Gasteiger partial charge in [-0.1, -0.05) is 12.8 Å². The zero-order chi connectivity index (χ0) is 19.8. The standard InChI is InChI=1S/C22H34N2O4/c1-26-19-13-18(14-20(16-19)27-2)21-6-4-3-5-17(21)15-22(25)23-7-8-24-9-11-28-12-10-24/h13-14,16-17,21H,3-12,15H2,1-2H3,(H,23,25)/t17-,21+/m0/s1. The Morgan fingerprint density at radius 2 is 1.79 bits per heavy atom. The van der Waals surface area contributed by atoms with Gasteiger partial charge in [0.25, 0.3) is 0 Å². The summed E-state index contributed by atoms with van der Waals surface area (Å²) >= 11 is 0. The summed E-state index contributed by atoms with van der Waals surface area (Å²) in [6, 6.07) is 6.10. The second-order valence-electron chi connectivity index (χ2n) is 7.81. The van der Waals surface area contributed by atoms with Crippen molar-refractivity contribution in [2.75, 3.05) is 53.6 Å². The first kappa shape index (κ1) is 20.9. The van der Waals surface area contributed by atoms with Crippen LogP contribution >= 0.6 is 0 Å². The van der Waals surface area contributed by atoms with Crippen molar-refractivity contribution in [1.82, 2.24) is 10.2 Å². The van der Waals surface area contributed by atoms with E-state index in [0.29, 0.717) is 24.8 Å². The van der Waals surface area contributed by atoms with E-state index in [4.69, 9.17) is 14.2 Å². The average molecular weight is 391 g/mol. The lowest BCUT2D eigenvalue weighted by Crippen LogP contribution is -2.41. The number of morpholine rings is 1. The molecule has 0 aromatic heterocycles. The van der Waals surface area contributed by atoms with Crippen LogP contribution in [-0.2, 0) is 9.53 Å². The summed E-state index contributed by atoms with van der Waals surface area (Å²) in [5, 5.41) is 3.12. The Hall–Kier alpha value is -1.79. The zero-order valence-corrected chi connectivity index (χ0v) is 17.2. The SMILES string of the molecule is COc1cc(OC)cc([C@@H]2CCCC[C@H]2CC(=O)NCCN2CCOCC2)c1. The molecule has 3 rings (SSSR count). The minimum absolute atomic E-state index is 0.167. The highest BCUT2D eigenvalue weighted by atomic mass is 16.5. The molecule has 1 saturated heterocycles. The average Bonchev–Trinajstić information content (AvgIpc) is 2.74. The first-order valence-corrected chi connectivity index (χ1v) is 10.5. The Bertz CT molecular complexity index is 609. The predicted molar refractivity (Wildman–Crippen MR) is 109 cm³/mol. The van der Waals surface area contributed by atoms with Crippen LogP contribution < -0.4 is 14.8 Å². The molecule has 1 heterocycles. The van der Waals surface area contributed by atoms with Gasteiger partial charge in [0.1, 0.15) is 11.5 Å². The fraction of sp³-hybridized carbons (Fsp3) is 0.682. The monoisotopic (exact) mass is 390 g/mol. The molecule has 1 amide bonds. The summed E-state index contributed by atoms with van der Waals surface area (Å²) in [7, 11) is 3.36. The van der Waals surface area contributed by atoms with Crippen molar-refractivity contribution in [3.05, 3.63) is 23.8 Å². The van der Waals surface area contributed by atoms with Gasteiger partial charge < -0.3 is 19.5 Å². The molecule has 1 aliphatic carbocycles. The van der Waals surface area contributed by atoms with Crippen molar-refractivity contribution in [2.45, 2.75) is 38.0 Å². The highest BCUT2D eigenvalue weighted by Crippen LogP contribution is 2.41. The quantitative estimate of drug-likeness (QED) is 0.740. The summed E-state index contributed by atoms with van der Waals surface area (Å²) < 4.78 is 16.3. The second kappa shape index (κ2) is 10.7. The maximum atomic E-state index is 12.6. The summed E-state index contributed by atoms with van der Waals surface area (Å²) in [4.78, 5) is 14.9. The normalized spacial score (nSPS) is 23.2. The number of carbonyl (C=O) groups excluding carboxylic acids is 1. The highest BCUT2D eigenvalue weighted by Gasteiger charge is 2.29. The van der Waals surface area contributed by atoms with Gasteiger partial charge in [-0.05, 0) is 42.4 Å². The molecule has 1 aromatic carbocycles. The van der Waals surface area contributed by atoms with Gasteiger partial charge in [0.15, 0.2) is 0 Å². The van der Waals surface area contributed by atoms with Gasteiger partial charge in [-0.25, -0.2) is 0 Å². The number of rotatable bonds is 8. The maximum absolute atomic E-state index is 12.6. The van der Waals surface area contributed by atoms with Gasteiger partial charge >= 0.3 is 0 Å². The van der Waals surface area contributed by atoms with E-state index >= 15 is 0 Å². The Morgan fingerprint density at radius 3 is 2.46 bits per heavy atom. The number of nitrogens with one attached hydrogen (secondary N) is 1. The minimum atomic E-state index is 0.167. The van der Waals surface area contributed by atoms with E-state index < -0.39 is 0 Å². The van der Waals surface area contributed by atoms with E-state index in [-0.39, 0.29) is 5.91 Å². The van der Waals surface area contributed by atoms with Crippen molar-refractivity contribution in [3.8, 4) is 11.5 Å². The fourth-order valence-corrected chi connectivity index (χ4v) is 4.42. The zero-order valence-electron chi connectivity index (χ0n) is 17.2. The molecule has 0 unspecified atom stereocenters. The van der Waals surface area contributed by atoms with E-state index in [1.807, 2.05) is 6.07 Å². The van der Waals surface area contributed by atoms with Gasteiger partial charge in [0.2, 0.25) is 5.91 Å². The summed E-state index contributed by atoms with van der Waals surface area (Å²) in [6.07, 6.45) is 5.21. The van der Waals surface area contributed by atoms with Crippen LogP contribution in [0.15, 0.2) is 18.2 Å². The molecule has 0 radical (unpaired) electrons. The first-order chi connectivity index (χ1) is 13.7. The molecular weight excluding hydrogens is 356 g/mol. The van der Waals surface area contributed by atoms with Gasteiger partial charge in [-0.2, -0.15) is 0 Å². The van der Waals surface area contributed by atoms with E-state index in [9.17, 15) is 4.79 Å². The number of carbonyl (C=O) groups is 1. The molecule has 2 aliphatic rings. The third-order valence-corrected chi connectivity index (χ3v) is 6.01. The first-order valence-electron chi connectivity index (χ1n) is 10.5. The van der Waals surface area contributed by atoms with Crippen LogP contribution in [0, 0.1) is 5.92 Å². The van der Waals surface area contributed by atoms with Crippen molar-refractivity contribution in [3.63, 3.8) is 0 Å². The highest BCUT2D eigenvalue weighted by molar-refractivity contribution is 5.76. The summed E-state index contributed by atoms with van der Waals surface area (Å²) in [5.74, 6) is 2.54. The van der Waals surface area contributed by atoms with E-state index in [1.54, 1.807) is 14.2 Å². The Morgan fingerprint density at radius 1 is 1.11 bits per heavy atom. The smallest absolute Gasteiger partial charge is 0.220 e. The molecule has 156 valence electrons. The number of methoxy groups -OCH3 is 2. The number of nitrogens with zero attached hydrogens (tertiary/aromatic N) is 1. The number of ether oxygens (including phenoxy) is 3. The number of benzene rings is 1. The molecule has 1 saturated carbocycles. The molecule has 1 aromatic rings. The Kier molecular flexibility index (Phi) is 7.98. The van der Waals surface area contributed by atoms with Crippen molar-refractivity contribution in [2.24, 2.45) is 5.92 Å². The molecule has 0 bridgehead atoms. The second-order valence-corrected chi connectivity index (χ2v) is 7.81. The topological polar surface area (TPSA) is 60.0 Å². The van der Waals surface area contributed by atoms with Crippen LogP contribution in [0.2, 0.25) is 0 Å². The lowest BCUT2D eigenvalue weighted by molar-refractivity contribution is -0.122. The van der Waals surface area contributed by atoms with Gasteiger partial charge in [0.05, 0.1) is 27.4 Å². The van der Waals surface area contributed by atoms with Gasteiger partial charge in [-0.15, -0.1) is 0 Å². The lowest BCUT2D eigenvalue weighted by atomic mass is 9.74. The predicted octanol–water partition coefficient (Wildman–Crippen LogP) is 2.82. The number of amides is 1. The molecule has 6 heteroatoms. The maximum Gasteiger partial charge on any atom is 0.220 e. The van der Waals surface area contributed by atoms with Crippen molar-refractivity contribution >= 4 is 5.91 Å². The lowest BCUT2D eigenvalue weighted by Gasteiger charge is -2.32. The third kappa shape index (κ3) is 5.85. The van der Waals surface area contributed by atoms with E-state index in [0.717, 1.165) is 57.2 Å². The molecule has 28 heavy (non-hydrogen) atoms. The molecule has 1 N–H and O–H groups in total. The largest absolute Gasteiger partial charge is 0.497 e. The number of hydrogen-bond donors (Lipinski definition) is 1. The summed E-state index contributed by atoms with van der Waals surface area (Å²) in [5.41, 5.74) is 1.22. The van der Waals surface area contributed by atoms with Crippen LogP contribution in [0.1, 0.15) is 43.6 Å². The van der Waals surface area contributed by atoms with Crippen LogP contribution in [0.25, 0.3) is 0 Å². The van der Waals surface area contributed by atoms with Crippen molar-refractivity contribution in [1.29, 1.82) is 0 Å². The van der Waals surface area contributed by atoms with Gasteiger partial charge in [0, 0.05) is 38.7 Å². The Labute approximate surface area is 168 Å². The fourth-order valence-electron chi connectivity index (χ4n) is 4.42. The van der Waals surface area contributed by atoms with Crippen LogP contribution in [0.4, 0.5) is 0 Å². The number of hydrogen-bond acceptors (Lipinski definition) is 5. The Balaban J connectivity index is 1.56. The molecular formula is C22H34N2O4. The summed E-state index contributed by atoms with van der Waals surface area (Å²) in [6.45, 7) is 5.11.